The number of thiocarbonyl (C=S) groups is 1. The second kappa shape index (κ2) is 8.06. The van der Waals surface area contributed by atoms with Crippen molar-refractivity contribution in [2.75, 3.05) is 19.1 Å². The van der Waals surface area contributed by atoms with Gasteiger partial charge in [0.1, 0.15) is 11.5 Å². The first-order chi connectivity index (χ1) is 13.6. The summed E-state index contributed by atoms with van der Waals surface area (Å²) in [6.07, 6.45) is 1.80. The molecule has 0 amide bonds. The molecule has 1 aliphatic heterocycles. The fourth-order valence-electron chi connectivity index (χ4n) is 3.38. The monoisotopic (exact) mass is 475 g/mol. The molecule has 3 heterocycles. The van der Waals surface area contributed by atoms with Crippen molar-refractivity contribution in [2.45, 2.75) is 12.1 Å². The standard InChI is InChI=1S/C20H18BrN3O2S2/c1-25-12-6-7-15(26-2)14(11-12)24-19(16-8-9-17(21)28-16)18(23-20(24)27)13-5-3-4-10-22-13/h3-11,18-19H,1-2H3,(H,23,27)/t18-,19+/m0/s1. The van der Waals surface area contributed by atoms with Gasteiger partial charge in [-0.2, -0.15) is 0 Å². The lowest BCUT2D eigenvalue weighted by atomic mass is 10.0. The lowest BCUT2D eigenvalue weighted by Gasteiger charge is -2.28. The highest BCUT2D eigenvalue weighted by molar-refractivity contribution is 9.11. The number of aromatic nitrogens is 1. The summed E-state index contributed by atoms with van der Waals surface area (Å²) >= 11 is 11.0. The number of anilines is 1. The summed E-state index contributed by atoms with van der Waals surface area (Å²) in [7, 11) is 3.31. The molecule has 2 aromatic heterocycles. The molecular weight excluding hydrogens is 458 g/mol. The van der Waals surface area contributed by atoms with Crippen LogP contribution in [-0.2, 0) is 0 Å². The van der Waals surface area contributed by atoms with Gasteiger partial charge in [0.25, 0.3) is 0 Å². The first-order valence-electron chi connectivity index (χ1n) is 8.60. The summed E-state index contributed by atoms with van der Waals surface area (Å²) in [5.74, 6) is 1.47. The highest BCUT2D eigenvalue weighted by Crippen LogP contribution is 2.47. The summed E-state index contributed by atoms with van der Waals surface area (Å²) in [6.45, 7) is 0. The number of nitrogens with zero attached hydrogens (tertiary/aromatic N) is 2. The van der Waals surface area contributed by atoms with Crippen LogP contribution in [0.1, 0.15) is 22.7 Å². The Kier molecular flexibility index (Phi) is 5.52. The van der Waals surface area contributed by atoms with E-state index >= 15 is 0 Å². The van der Waals surface area contributed by atoms with Gasteiger partial charge in [-0.25, -0.2) is 0 Å². The first-order valence-corrected chi connectivity index (χ1v) is 10.6. The lowest BCUT2D eigenvalue weighted by Crippen LogP contribution is -2.29. The van der Waals surface area contributed by atoms with E-state index in [0.717, 1.165) is 26.7 Å². The molecular formula is C20H18BrN3O2S2. The van der Waals surface area contributed by atoms with Crippen LogP contribution in [0, 0.1) is 0 Å². The largest absolute Gasteiger partial charge is 0.497 e. The average Bonchev–Trinajstić information content (AvgIpc) is 3.30. The summed E-state index contributed by atoms with van der Waals surface area (Å²) < 4.78 is 12.1. The van der Waals surface area contributed by atoms with Gasteiger partial charge in [-0.1, -0.05) is 6.07 Å². The number of ether oxygens (including phenoxy) is 2. The van der Waals surface area contributed by atoms with Gasteiger partial charge in [-0.3, -0.25) is 4.98 Å². The van der Waals surface area contributed by atoms with Gasteiger partial charge in [0, 0.05) is 17.1 Å². The van der Waals surface area contributed by atoms with Crippen molar-refractivity contribution in [1.82, 2.24) is 10.3 Å². The molecule has 0 aliphatic carbocycles. The maximum absolute atomic E-state index is 5.75. The Balaban J connectivity index is 1.87. The zero-order chi connectivity index (χ0) is 19.7. The van der Waals surface area contributed by atoms with Crippen molar-refractivity contribution in [2.24, 2.45) is 0 Å². The quantitative estimate of drug-likeness (QED) is 0.517. The van der Waals surface area contributed by atoms with E-state index in [9.17, 15) is 0 Å². The first kappa shape index (κ1) is 19.2. The number of pyridine rings is 1. The Hall–Kier alpha value is -2.16. The second-order valence-electron chi connectivity index (χ2n) is 6.18. The molecule has 1 aliphatic rings. The molecule has 1 saturated heterocycles. The van der Waals surface area contributed by atoms with Crippen LogP contribution in [0.5, 0.6) is 11.5 Å². The molecule has 5 nitrogen and oxygen atoms in total. The molecule has 8 heteroatoms. The van der Waals surface area contributed by atoms with Gasteiger partial charge >= 0.3 is 0 Å². The summed E-state index contributed by atoms with van der Waals surface area (Å²) in [6, 6.07) is 15.6. The van der Waals surface area contributed by atoms with Crippen molar-refractivity contribution in [1.29, 1.82) is 0 Å². The summed E-state index contributed by atoms with van der Waals surface area (Å²) in [5.41, 5.74) is 1.79. The lowest BCUT2D eigenvalue weighted by molar-refractivity contribution is 0.403. The van der Waals surface area contributed by atoms with E-state index in [1.54, 1.807) is 31.8 Å². The van der Waals surface area contributed by atoms with E-state index in [4.69, 9.17) is 21.7 Å². The van der Waals surface area contributed by atoms with Gasteiger partial charge in [-0.15, -0.1) is 11.3 Å². The Bertz CT molecular complexity index is 996. The molecule has 0 spiro atoms. The Morgan fingerprint density at radius 3 is 2.64 bits per heavy atom. The molecule has 1 N–H and O–H groups in total. The minimum absolute atomic E-state index is 0.0697. The number of hydrogen-bond acceptors (Lipinski definition) is 5. The van der Waals surface area contributed by atoms with E-state index < -0.39 is 0 Å². The molecule has 144 valence electrons. The average molecular weight is 476 g/mol. The Labute approximate surface area is 181 Å². The van der Waals surface area contributed by atoms with Crippen LogP contribution < -0.4 is 19.7 Å². The predicted molar refractivity (Wildman–Crippen MR) is 119 cm³/mol. The fraction of sp³-hybridized carbons (Fsp3) is 0.200. The summed E-state index contributed by atoms with van der Waals surface area (Å²) in [5, 5.41) is 4.08. The molecule has 2 atom stereocenters. The molecule has 1 fully saturated rings. The summed E-state index contributed by atoms with van der Waals surface area (Å²) in [4.78, 5) is 7.83. The molecule has 0 radical (unpaired) electrons. The van der Waals surface area contributed by atoms with Crippen molar-refractivity contribution in [3.63, 3.8) is 0 Å². The Morgan fingerprint density at radius 2 is 2.00 bits per heavy atom. The van der Waals surface area contributed by atoms with Crippen LogP contribution in [0.15, 0.2) is 58.5 Å². The van der Waals surface area contributed by atoms with Gasteiger partial charge in [0.2, 0.25) is 0 Å². The van der Waals surface area contributed by atoms with Crippen LogP contribution >= 0.6 is 39.5 Å². The number of benzene rings is 1. The van der Waals surface area contributed by atoms with Crippen molar-refractivity contribution in [3.05, 3.63) is 69.1 Å². The number of nitrogens with one attached hydrogen (secondary N) is 1. The minimum Gasteiger partial charge on any atom is -0.497 e. The maximum Gasteiger partial charge on any atom is 0.174 e. The SMILES string of the molecule is COc1ccc(OC)c(N2C(=S)N[C@@H](c3ccccn3)[C@H]2c2ccc(Br)s2)c1. The van der Waals surface area contributed by atoms with Crippen LogP contribution in [0.2, 0.25) is 0 Å². The fourth-order valence-corrected chi connectivity index (χ4v) is 5.27. The van der Waals surface area contributed by atoms with E-state index in [1.807, 2.05) is 36.4 Å². The normalized spacial score (nSPS) is 18.8. The number of hydrogen-bond donors (Lipinski definition) is 1. The smallest absolute Gasteiger partial charge is 0.174 e. The Morgan fingerprint density at radius 1 is 1.14 bits per heavy atom. The van der Waals surface area contributed by atoms with Crippen LogP contribution in [0.4, 0.5) is 5.69 Å². The molecule has 0 saturated carbocycles. The van der Waals surface area contributed by atoms with Crippen LogP contribution in [0.25, 0.3) is 0 Å². The van der Waals surface area contributed by atoms with Crippen molar-refractivity contribution < 1.29 is 9.47 Å². The third-order valence-corrected chi connectivity index (χ3v) is 6.64. The number of rotatable bonds is 5. The molecule has 0 bridgehead atoms. The second-order valence-corrected chi connectivity index (χ2v) is 9.06. The molecule has 4 rings (SSSR count). The molecule has 1 aromatic carbocycles. The minimum atomic E-state index is -0.0878. The molecule has 28 heavy (non-hydrogen) atoms. The van der Waals surface area contributed by atoms with Crippen molar-refractivity contribution in [3.8, 4) is 11.5 Å². The zero-order valence-electron chi connectivity index (χ0n) is 15.3. The van der Waals surface area contributed by atoms with Gasteiger partial charge < -0.3 is 19.7 Å². The highest BCUT2D eigenvalue weighted by Gasteiger charge is 2.42. The zero-order valence-corrected chi connectivity index (χ0v) is 18.5. The topological polar surface area (TPSA) is 46.6 Å². The van der Waals surface area contributed by atoms with Gasteiger partial charge in [0.05, 0.1) is 41.5 Å². The van der Waals surface area contributed by atoms with Gasteiger partial charge in [-0.05, 0) is 64.5 Å². The van der Waals surface area contributed by atoms with Crippen LogP contribution in [0.3, 0.4) is 0 Å². The number of thiophene rings is 1. The van der Waals surface area contributed by atoms with E-state index in [0.29, 0.717) is 5.11 Å². The number of halogens is 1. The predicted octanol–water partition coefficient (Wildman–Crippen LogP) is 5.10. The van der Waals surface area contributed by atoms with E-state index in [1.165, 1.54) is 4.88 Å². The van der Waals surface area contributed by atoms with E-state index in [2.05, 4.69) is 43.3 Å². The maximum atomic E-state index is 5.75. The number of methoxy groups -OCH3 is 2. The van der Waals surface area contributed by atoms with Gasteiger partial charge in [0.15, 0.2) is 5.11 Å². The molecule has 3 aromatic rings. The third-order valence-electron chi connectivity index (χ3n) is 4.63. The van der Waals surface area contributed by atoms with E-state index in [-0.39, 0.29) is 12.1 Å². The highest BCUT2D eigenvalue weighted by atomic mass is 79.9. The molecule has 0 unspecified atom stereocenters. The van der Waals surface area contributed by atoms with Crippen LogP contribution in [-0.4, -0.2) is 24.3 Å². The van der Waals surface area contributed by atoms with Crippen molar-refractivity contribution >= 4 is 50.3 Å². The third kappa shape index (κ3) is 3.47.